The maximum absolute atomic E-state index is 13.4. The number of hydrogen-bond donors (Lipinski definition) is 0. The Morgan fingerprint density at radius 1 is 1.35 bits per heavy atom. The van der Waals surface area contributed by atoms with Crippen LogP contribution in [0.4, 0.5) is 10.1 Å². The van der Waals surface area contributed by atoms with Gasteiger partial charge in [0.15, 0.2) is 18.1 Å². The molecule has 0 atom stereocenters. The number of methoxy groups -OCH3 is 1. The van der Waals surface area contributed by atoms with Gasteiger partial charge in [-0.25, -0.2) is 4.39 Å². The van der Waals surface area contributed by atoms with Crippen molar-refractivity contribution in [2.24, 2.45) is 0 Å². The molecule has 5 nitrogen and oxygen atoms in total. The minimum atomic E-state index is -0.373. The average Bonchev–Trinajstić information content (AvgIpc) is 2.56. The molecule has 0 unspecified atom stereocenters. The van der Waals surface area contributed by atoms with Crippen LogP contribution in [-0.2, 0) is 11.3 Å². The van der Waals surface area contributed by atoms with Gasteiger partial charge in [-0.05, 0) is 29.8 Å². The first-order valence-corrected chi connectivity index (χ1v) is 6.97. The second-order valence-electron chi connectivity index (χ2n) is 5.09. The summed E-state index contributed by atoms with van der Waals surface area (Å²) in [7, 11) is 1.46. The van der Waals surface area contributed by atoms with Crippen molar-refractivity contribution in [2.45, 2.75) is 6.54 Å². The zero-order chi connectivity index (χ0) is 16.4. The molecule has 23 heavy (non-hydrogen) atoms. The van der Waals surface area contributed by atoms with Crippen molar-refractivity contribution in [3.63, 3.8) is 0 Å². The standard InChI is InChI=1S/C17H14FNO4/c1-22-15-7-12(9-20)6-14-17(15)23-10-16(21)19(14)8-11-3-2-4-13(18)5-11/h2-7,9H,8,10H2,1H3. The highest BCUT2D eigenvalue weighted by Crippen LogP contribution is 2.41. The van der Waals surface area contributed by atoms with Crippen LogP contribution in [0.5, 0.6) is 11.5 Å². The van der Waals surface area contributed by atoms with Crippen LogP contribution in [-0.4, -0.2) is 25.9 Å². The van der Waals surface area contributed by atoms with Crippen molar-refractivity contribution in [3.8, 4) is 11.5 Å². The first kappa shape index (κ1) is 15.0. The number of ether oxygens (including phenoxy) is 2. The van der Waals surface area contributed by atoms with E-state index in [-0.39, 0.29) is 24.9 Å². The van der Waals surface area contributed by atoms with Crippen LogP contribution < -0.4 is 14.4 Å². The number of nitrogens with zero attached hydrogens (tertiary/aromatic N) is 1. The fourth-order valence-electron chi connectivity index (χ4n) is 2.51. The predicted molar refractivity (Wildman–Crippen MR) is 81.5 cm³/mol. The number of amides is 1. The van der Waals surface area contributed by atoms with E-state index in [1.165, 1.54) is 24.1 Å². The smallest absolute Gasteiger partial charge is 0.265 e. The summed E-state index contributed by atoms with van der Waals surface area (Å²) in [5.41, 5.74) is 1.44. The van der Waals surface area contributed by atoms with Gasteiger partial charge in [0.1, 0.15) is 12.1 Å². The highest BCUT2D eigenvalue weighted by molar-refractivity contribution is 5.99. The molecule has 0 fully saturated rings. The Morgan fingerprint density at radius 3 is 2.87 bits per heavy atom. The fraction of sp³-hybridized carbons (Fsp3) is 0.176. The molecule has 2 aromatic carbocycles. The number of carbonyl (C=O) groups is 2. The molecule has 0 saturated carbocycles. The van der Waals surface area contributed by atoms with Gasteiger partial charge in [-0.15, -0.1) is 0 Å². The second-order valence-corrected chi connectivity index (χ2v) is 5.09. The molecular formula is C17H14FNO4. The quantitative estimate of drug-likeness (QED) is 0.814. The fourth-order valence-corrected chi connectivity index (χ4v) is 2.51. The molecule has 0 aromatic heterocycles. The van der Waals surface area contributed by atoms with E-state index >= 15 is 0 Å². The van der Waals surface area contributed by atoms with Gasteiger partial charge in [0.05, 0.1) is 19.3 Å². The van der Waals surface area contributed by atoms with Crippen LogP contribution in [0.3, 0.4) is 0 Å². The van der Waals surface area contributed by atoms with Gasteiger partial charge in [0.2, 0.25) is 0 Å². The third kappa shape index (κ3) is 2.88. The summed E-state index contributed by atoms with van der Waals surface area (Å²) >= 11 is 0. The summed E-state index contributed by atoms with van der Waals surface area (Å²) in [6.45, 7) is 0.0392. The van der Waals surface area contributed by atoms with E-state index in [2.05, 4.69) is 0 Å². The molecule has 0 bridgehead atoms. The molecule has 1 amide bonds. The molecule has 1 aliphatic heterocycles. The van der Waals surface area contributed by atoms with E-state index in [1.807, 2.05) is 0 Å². The number of fused-ring (bicyclic) bond motifs is 1. The number of halogens is 1. The second kappa shape index (κ2) is 6.08. The van der Waals surface area contributed by atoms with Gasteiger partial charge < -0.3 is 14.4 Å². The molecule has 0 spiro atoms. The predicted octanol–water partition coefficient (Wildman–Crippen LogP) is 2.57. The zero-order valence-corrected chi connectivity index (χ0v) is 12.4. The highest BCUT2D eigenvalue weighted by atomic mass is 19.1. The Hall–Kier alpha value is -2.89. The third-order valence-corrected chi connectivity index (χ3v) is 3.58. The number of aldehydes is 1. The lowest BCUT2D eigenvalue weighted by molar-refractivity contribution is -0.121. The number of benzene rings is 2. The molecule has 0 radical (unpaired) electrons. The van der Waals surface area contributed by atoms with Gasteiger partial charge in [-0.3, -0.25) is 9.59 Å². The number of carbonyl (C=O) groups excluding carboxylic acids is 2. The number of hydrogen-bond acceptors (Lipinski definition) is 4. The lowest BCUT2D eigenvalue weighted by Crippen LogP contribution is -2.38. The highest BCUT2D eigenvalue weighted by Gasteiger charge is 2.29. The summed E-state index contributed by atoms with van der Waals surface area (Å²) in [4.78, 5) is 24.8. The van der Waals surface area contributed by atoms with E-state index < -0.39 is 0 Å². The van der Waals surface area contributed by atoms with Crippen molar-refractivity contribution in [1.82, 2.24) is 0 Å². The summed E-state index contributed by atoms with van der Waals surface area (Å²) in [5.74, 6) is 0.130. The first-order chi connectivity index (χ1) is 11.1. The van der Waals surface area contributed by atoms with Crippen molar-refractivity contribution < 1.29 is 23.5 Å². The molecule has 118 valence electrons. The minimum Gasteiger partial charge on any atom is -0.493 e. The molecule has 6 heteroatoms. The lowest BCUT2D eigenvalue weighted by Gasteiger charge is -2.30. The number of rotatable bonds is 4. The van der Waals surface area contributed by atoms with E-state index in [1.54, 1.807) is 24.3 Å². The largest absolute Gasteiger partial charge is 0.493 e. The Labute approximate surface area is 132 Å². The van der Waals surface area contributed by atoms with Gasteiger partial charge in [0.25, 0.3) is 5.91 Å². The molecule has 0 N–H and O–H groups in total. The van der Waals surface area contributed by atoms with Gasteiger partial charge in [-0.1, -0.05) is 12.1 Å². The van der Waals surface area contributed by atoms with Crippen LogP contribution in [0.2, 0.25) is 0 Å². The SMILES string of the molecule is COc1cc(C=O)cc2c1OCC(=O)N2Cc1cccc(F)c1. The van der Waals surface area contributed by atoms with E-state index in [0.717, 1.165) is 0 Å². The number of anilines is 1. The monoisotopic (exact) mass is 315 g/mol. The topological polar surface area (TPSA) is 55.8 Å². The van der Waals surface area contributed by atoms with Crippen LogP contribution in [0, 0.1) is 5.82 Å². The van der Waals surface area contributed by atoms with Crippen molar-refractivity contribution in [3.05, 3.63) is 53.3 Å². The van der Waals surface area contributed by atoms with Crippen LogP contribution in [0.1, 0.15) is 15.9 Å². The average molecular weight is 315 g/mol. The molecule has 0 saturated heterocycles. The molecule has 1 heterocycles. The lowest BCUT2D eigenvalue weighted by atomic mass is 10.1. The summed E-state index contributed by atoms with van der Waals surface area (Å²) in [6, 6.07) is 9.11. The third-order valence-electron chi connectivity index (χ3n) is 3.58. The Balaban J connectivity index is 2.05. The van der Waals surface area contributed by atoms with Crippen molar-refractivity contribution >= 4 is 17.9 Å². The van der Waals surface area contributed by atoms with E-state index in [0.29, 0.717) is 34.6 Å². The molecule has 3 rings (SSSR count). The van der Waals surface area contributed by atoms with Crippen molar-refractivity contribution in [1.29, 1.82) is 0 Å². The summed E-state index contributed by atoms with van der Waals surface area (Å²) in [5, 5.41) is 0. The zero-order valence-electron chi connectivity index (χ0n) is 12.4. The molecule has 1 aliphatic rings. The minimum absolute atomic E-state index is 0.140. The summed E-state index contributed by atoms with van der Waals surface area (Å²) < 4.78 is 24.0. The molecule has 2 aromatic rings. The van der Waals surface area contributed by atoms with E-state index in [4.69, 9.17) is 9.47 Å². The Kier molecular flexibility index (Phi) is 3.97. The van der Waals surface area contributed by atoms with Gasteiger partial charge in [0, 0.05) is 5.56 Å². The molecular weight excluding hydrogens is 301 g/mol. The van der Waals surface area contributed by atoms with Gasteiger partial charge in [-0.2, -0.15) is 0 Å². The summed E-state index contributed by atoms with van der Waals surface area (Å²) in [6.07, 6.45) is 0.669. The first-order valence-electron chi connectivity index (χ1n) is 6.97. The van der Waals surface area contributed by atoms with Crippen LogP contribution in [0.15, 0.2) is 36.4 Å². The normalized spacial score (nSPS) is 13.3. The van der Waals surface area contributed by atoms with Gasteiger partial charge >= 0.3 is 0 Å². The maximum atomic E-state index is 13.4. The van der Waals surface area contributed by atoms with Crippen molar-refractivity contribution in [2.75, 3.05) is 18.6 Å². The maximum Gasteiger partial charge on any atom is 0.265 e. The van der Waals surface area contributed by atoms with Crippen LogP contribution >= 0.6 is 0 Å². The van der Waals surface area contributed by atoms with Crippen LogP contribution in [0.25, 0.3) is 0 Å². The molecule has 0 aliphatic carbocycles. The Bertz CT molecular complexity index is 775. The van der Waals surface area contributed by atoms with E-state index in [9.17, 15) is 14.0 Å². The Morgan fingerprint density at radius 2 is 2.17 bits per heavy atom.